The maximum absolute atomic E-state index is 13.1. The number of hydrogen-bond donors (Lipinski definition) is 1. The number of carbonyl (C=O) groups excluding carboxylic acids is 1. The van der Waals surface area contributed by atoms with Crippen LogP contribution in [-0.4, -0.2) is 72.1 Å². The molecule has 7 nitrogen and oxygen atoms in total. The Balaban J connectivity index is 1.27. The molecule has 0 radical (unpaired) electrons. The second-order valence-corrected chi connectivity index (χ2v) is 8.48. The summed E-state index contributed by atoms with van der Waals surface area (Å²) in [4.78, 5) is 21.8. The van der Waals surface area contributed by atoms with Gasteiger partial charge in [-0.1, -0.05) is 12.1 Å². The van der Waals surface area contributed by atoms with Crippen LogP contribution >= 0.6 is 11.5 Å². The molecule has 1 aromatic carbocycles. The van der Waals surface area contributed by atoms with Crippen molar-refractivity contribution in [3.63, 3.8) is 0 Å². The number of morpholine rings is 1. The SMILES string of the molecule is O=C(NCCCN1CCOCC1)C1CCCN1c1nc(Cc2ccc(F)cc2)ns1. The summed E-state index contributed by atoms with van der Waals surface area (Å²) < 4.78 is 22.9. The number of ether oxygens (including phenoxy) is 1. The van der Waals surface area contributed by atoms with E-state index in [0.29, 0.717) is 18.8 Å². The number of amides is 1. The van der Waals surface area contributed by atoms with Crippen molar-refractivity contribution in [1.82, 2.24) is 19.6 Å². The molecule has 2 aliphatic heterocycles. The number of nitrogens with zero attached hydrogens (tertiary/aromatic N) is 4. The van der Waals surface area contributed by atoms with Crippen LogP contribution in [0.4, 0.5) is 9.52 Å². The first-order valence-corrected chi connectivity index (χ1v) is 11.4. The standard InChI is InChI=1S/C21H28FN5O2S/c22-17-6-4-16(5-7-17)15-19-24-21(30-25-19)27-10-1-3-18(27)20(28)23-8-2-9-26-11-13-29-14-12-26/h4-7,18H,1-3,8-15H2,(H,23,28). The lowest BCUT2D eigenvalue weighted by Crippen LogP contribution is -2.44. The van der Waals surface area contributed by atoms with Gasteiger partial charge in [0.25, 0.3) is 0 Å². The Morgan fingerprint density at radius 3 is 2.83 bits per heavy atom. The monoisotopic (exact) mass is 433 g/mol. The maximum Gasteiger partial charge on any atom is 0.242 e. The molecule has 1 amide bonds. The molecule has 9 heteroatoms. The Labute approximate surface area is 180 Å². The van der Waals surface area contributed by atoms with Crippen molar-refractivity contribution in [3.05, 3.63) is 41.5 Å². The highest BCUT2D eigenvalue weighted by atomic mass is 32.1. The minimum atomic E-state index is -0.249. The number of nitrogens with one attached hydrogen (secondary N) is 1. The minimum Gasteiger partial charge on any atom is -0.379 e. The Bertz CT molecular complexity index is 825. The van der Waals surface area contributed by atoms with Crippen LogP contribution < -0.4 is 10.2 Å². The van der Waals surface area contributed by atoms with Gasteiger partial charge in [-0.3, -0.25) is 9.69 Å². The summed E-state index contributed by atoms with van der Waals surface area (Å²) in [5.74, 6) is 0.532. The molecule has 162 valence electrons. The predicted octanol–water partition coefficient (Wildman–Crippen LogP) is 2.08. The first-order chi connectivity index (χ1) is 14.7. The molecule has 2 aliphatic rings. The van der Waals surface area contributed by atoms with Crippen LogP contribution in [0.3, 0.4) is 0 Å². The fourth-order valence-corrected chi connectivity index (χ4v) is 4.71. The van der Waals surface area contributed by atoms with Gasteiger partial charge in [0.15, 0.2) is 0 Å². The Kier molecular flexibility index (Phi) is 7.24. The van der Waals surface area contributed by atoms with Gasteiger partial charge in [0.1, 0.15) is 17.7 Å². The van der Waals surface area contributed by atoms with Gasteiger partial charge >= 0.3 is 0 Å². The normalized spacial score (nSPS) is 19.9. The zero-order valence-corrected chi connectivity index (χ0v) is 17.9. The molecule has 2 aromatic rings. The van der Waals surface area contributed by atoms with Crippen molar-refractivity contribution in [3.8, 4) is 0 Å². The summed E-state index contributed by atoms with van der Waals surface area (Å²) in [5, 5.41) is 3.89. The number of hydrogen-bond acceptors (Lipinski definition) is 7. The van der Waals surface area contributed by atoms with Crippen LogP contribution in [0.15, 0.2) is 24.3 Å². The van der Waals surface area contributed by atoms with Crippen molar-refractivity contribution < 1.29 is 13.9 Å². The van der Waals surface area contributed by atoms with Crippen LogP contribution in [0.2, 0.25) is 0 Å². The molecule has 1 N–H and O–H groups in total. The number of anilines is 1. The lowest BCUT2D eigenvalue weighted by Gasteiger charge is -2.26. The molecule has 2 saturated heterocycles. The highest BCUT2D eigenvalue weighted by Crippen LogP contribution is 2.27. The first-order valence-electron chi connectivity index (χ1n) is 10.6. The molecule has 30 heavy (non-hydrogen) atoms. The molecule has 2 fully saturated rings. The molecule has 0 saturated carbocycles. The smallest absolute Gasteiger partial charge is 0.242 e. The van der Waals surface area contributed by atoms with Gasteiger partial charge in [-0.25, -0.2) is 9.37 Å². The fraction of sp³-hybridized carbons (Fsp3) is 0.571. The van der Waals surface area contributed by atoms with Crippen LogP contribution in [0, 0.1) is 5.82 Å². The first kappa shape index (κ1) is 21.1. The van der Waals surface area contributed by atoms with Crippen LogP contribution in [-0.2, 0) is 16.0 Å². The average molecular weight is 434 g/mol. The summed E-state index contributed by atoms with van der Waals surface area (Å²) >= 11 is 1.33. The topological polar surface area (TPSA) is 70.6 Å². The molecular formula is C21H28FN5O2S. The molecular weight excluding hydrogens is 405 g/mol. The van der Waals surface area contributed by atoms with Crippen molar-refractivity contribution in [2.75, 3.05) is 50.8 Å². The van der Waals surface area contributed by atoms with Gasteiger partial charge in [-0.2, -0.15) is 4.37 Å². The molecule has 1 atom stereocenters. The van der Waals surface area contributed by atoms with Gasteiger partial charge < -0.3 is 15.0 Å². The number of carbonyl (C=O) groups is 1. The Morgan fingerprint density at radius 2 is 2.03 bits per heavy atom. The van der Waals surface area contributed by atoms with E-state index < -0.39 is 0 Å². The molecule has 1 unspecified atom stereocenters. The highest BCUT2D eigenvalue weighted by molar-refractivity contribution is 7.09. The van der Waals surface area contributed by atoms with Crippen LogP contribution in [0.25, 0.3) is 0 Å². The molecule has 4 rings (SSSR count). The zero-order chi connectivity index (χ0) is 20.8. The number of rotatable bonds is 8. The Morgan fingerprint density at radius 1 is 1.23 bits per heavy atom. The van der Waals surface area contributed by atoms with E-state index in [1.54, 1.807) is 12.1 Å². The van der Waals surface area contributed by atoms with E-state index in [1.807, 2.05) is 0 Å². The van der Waals surface area contributed by atoms with Gasteiger partial charge in [0.05, 0.1) is 13.2 Å². The van der Waals surface area contributed by atoms with Gasteiger partial charge in [-0.15, -0.1) is 0 Å². The number of aromatic nitrogens is 2. The molecule has 0 spiro atoms. The summed E-state index contributed by atoms with van der Waals surface area (Å²) in [6, 6.07) is 6.21. The van der Waals surface area contributed by atoms with Gasteiger partial charge in [0.2, 0.25) is 11.0 Å². The van der Waals surface area contributed by atoms with E-state index in [2.05, 4.69) is 24.5 Å². The van der Waals surface area contributed by atoms with Crippen molar-refractivity contribution in [2.45, 2.75) is 31.7 Å². The summed E-state index contributed by atoms with van der Waals surface area (Å²) in [5.41, 5.74) is 0.969. The highest BCUT2D eigenvalue weighted by Gasteiger charge is 2.32. The summed E-state index contributed by atoms with van der Waals surface area (Å²) in [7, 11) is 0. The van der Waals surface area contributed by atoms with E-state index >= 15 is 0 Å². The lowest BCUT2D eigenvalue weighted by molar-refractivity contribution is -0.122. The van der Waals surface area contributed by atoms with Crippen molar-refractivity contribution in [2.24, 2.45) is 0 Å². The second kappa shape index (κ2) is 10.3. The molecule has 0 aliphatic carbocycles. The maximum atomic E-state index is 13.1. The average Bonchev–Trinajstić information content (AvgIpc) is 3.43. The van der Waals surface area contributed by atoms with Crippen LogP contribution in [0.1, 0.15) is 30.7 Å². The molecule has 3 heterocycles. The van der Waals surface area contributed by atoms with Crippen LogP contribution in [0.5, 0.6) is 0 Å². The fourth-order valence-electron chi connectivity index (χ4n) is 3.94. The van der Waals surface area contributed by atoms with E-state index in [0.717, 1.165) is 69.4 Å². The third kappa shape index (κ3) is 5.53. The quantitative estimate of drug-likeness (QED) is 0.643. The lowest BCUT2D eigenvalue weighted by atomic mass is 10.1. The minimum absolute atomic E-state index is 0.0739. The second-order valence-electron chi connectivity index (χ2n) is 7.75. The molecule has 0 bridgehead atoms. The third-order valence-corrected chi connectivity index (χ3v) is 6.38. The summed E-state index contributed by atoms with van der Waals surface area (Å²) in [6.45, 7) is 6.04. The predicted molar refractivity (Wildman–Crippen MR) is 114 cm³/mol. The van der Waals surface area contributed by atoms with Gasteiger partial charge in [0, 0.05) is 44.1 Å². The van der Waals surface area contributed by atoms with E-state index in [1.165, 1.54) is 23.7 Å². The zero-order valence-electron chi connectivity index (χ0n) is 17.1. The molecule has 1 aromatic heterocycles. The third-order valence-electron chi connectivity index (χ3n) is 5.59. The summed E-state index contributed by atoms with van der Waals surface area (Å²) in [6.07, 6.45) is 3.31. The number of halogens is 1. The van der Waals surface area contributed by atoms with Crippen molar-refractivity contribution >= 4 is 22.6 Å². The van der Waals surface area contributed by atoms with E-state index in [9.17, 15) is 9.18 Å². The van der Waals surface area contributed by atoms with E-state index in [4.69, 9.17) is 4.74 Å². The Hall–Kier alpha value is -2.10. The van der Waals surface area contributed by atoms with Gasteiger partial charge in [-0.05, 0) is 43.5 Å². The van der Waals surface area contributed by atoms with Crippen molar-refractivity contribution in [1.29, 1.82) is 0 Å². The van der Waals surface area contributed by atoms with E-state index in [-0.39, 0.29) is 17.8 Å². The largest absolute Gasteiger partial charge is 0.379 e. The number of benzene rings is 1.